The van der Waals surface area contributed by atoms with Crippen LogP contribution in [0.15, 0.2) is 0 Å². The maximum absolute atomic E-state index is 12.6. The fraction of sp³-hybridized carbons (Fsp3) is 0.941. The van der Waals surface area contributed by atoms with E-state index in [0.717, 1.165) is 31.7 Å². The van der Waals surface area contributed by atoms with Gasteiger partial charge < -0.3 is 4.90 Å². The number of carbonyl (C=O) groups excluding carboxylic acids is 1. The summed E-state index contributed by atoms with van der Waals surface area (Å²) in [5.41, 5.74) is 0. The number of hydrogen-bond donors (Lipinski definition) is 1. The second kappa shape index (κ2) is 7.44. The lowest BCUT2D eigenvalue weighted by atomic mass is 9.80. The average Bonchev–Trinajstić information content (AvgIpc) is 2.75. The Balaban J connectivity index is 1.95. The van der Waals surface area contributed by atoms with E-state index in [9.17, 15) is 4.79 Å². The van der Waals surface area contributed by atoms with Crippen molar-refractivity contribution >= 4 is 5.91 Å². The van der Waals surface area contributed by atoms with Gasteiger partial charge in [0.15, 0.2) is 0 Å². The molecule has 20 heavy (non-hydrogen) atoms. The third-order valence-electron chi connectivity index (χ3n) is 5.30. The molecule has 1 aliphatic carbocycles. The summed E-state index contributed by atoms with van der Waals surface area (Å²) >= 11 is 0. The zero-order valence-electron chi connectivity index (χ0n) is 13.5. The number of carbonyl (C=O) groups is 1. The molecule has 2 fully saturated rings. The fourth-order valence-corrected chi connectivity index (χ4v) is 3.83. The average molecular weight is 280 g/mol. The number of rotatable bonds is 6. The van der Waals surface area contributed by atoms with E-state index in [1.807, 2.05) is 0 Å². The topological polar surface area (TPSA) is 32.3 Å². The van der Waals surface area contributed by atoms with E-state index in [4.69, 9.17) is 0 Å². The van der Waals surface area contributed by atoms with Crippen molar-refractivity contribution in [3.63, 3.8) is 0 Å². The second-order valence-corrected chi connectivity index (χ2v) is 6.80. The highest BCUT2D eigenvalue weighted by molar-refractivity contribution is 5.84. The van der Waals surface area contributed by atoms with Crippen LogP contribution in [0.25, 0.3) is 0 Å². The summed E-state index contributed by atoms with van der Waals surface area (Å²) in [4.78, 5) is 14.8. The van der Waals surface area contributed by atoms with Crippen LogP contribution in [-0.4, -0.2) is 29.6 Å². The van der Waals surface area contributed by atoms with Crippen LogP contribution in [0.5, 0.6) is 0 Å². The van der Waals surface area contributed by atoms with E-state index in [0.29, 0.717) is 11.8 Å². The minimum absolute atomic E-state index is 0.0822. The first kappa shape index (κ1) is 15.8. The van der Waals surface area contributed by atoms with Gasteiger partial charge in [-0.3, -0.25) is 10.1 Å². The predicted octanol–water partition coefficient (Wildman–Crippen LogP) is 3.54. The Bertz CT molecular complexity index is 318. The van der Waals surface area contributed by atoms with Crippen LogP contribution < -0.4 is 5.32 Å². The van der Waals surface area contributed by atoms with Crippen molar-refractivity contribution in [2.75, 3.05) is 6.54 Å². The van der Waals surface area contributed by atoms with Crippen molar-refractivity contribution < 1.29 is 4.79 Å². The van der Waals surface area contributed by atoms with Crippen LogP contribution in [0.3, 0.4) is 0 Å². The van der Waals surface area contributed by atoms with Crippen molar-refractivity contribution in [2.24, 2.45) is 11.8 Å². The van der Waals surface area contributed by atoms with Crippen LogP contribution in [0.4, 0.5) is 0 Å². The molecule has 1 saturated carbocycles. The molecular weight excluding hydrogens is 248 g/mol. The van der Waals surface area contributed by atoms with Gasteiger partial charge in [0.25, 0.3) is 0 Å². The van der Waals surface area contributed by atoms with E-state index < -0.39 is 0 Å². The van der Waals surface area contributed by atoms with E-state index in [1.165, 1.54) is 32.1 Å². The largest absolute Gasteiger partial charge is 0.326 e. The van der Waals surface area contributed by atoms with Gasteiger partial charge in [0, 0.05) is 6.54 Å². The van der Waals surface area contributed by atoms with Crippen molar-refractivity contribution in [2.45, 2.75) is 84.3 Å². The molecule has 1 saturated heterocycles. The van der Waals surface area contributed by atoms with Gasteiger partial charge in [-0.05, 0) is 31.1 Å². The molecule has 0 spiro atoms. The standard InChI is InChI=1S/C17H32N2O/c1-4-6-11-15-17(20)19(16(5-2)18-15)12-14-10-8-7-9-13(14)3/h13-16,18H,4-12H2,1-3H3. The Morgan fingerprint density at radius 2 is 2.00 bits per heavy atom. The third kappa shape index (κ3) is 3.55. The Hall–Kier alpha value is -0.570. The molecule has 1 amide bonds. The molecule has 2 aliphatic rings. The molecule has 4 unspecified atom stereocenters. The smallest absolute Gasteiger partial charge is 0.241 e. The lowest BCUT2D eigenvalue weighted by Gasteiger charge is -2.34. The second-order valence-electron chi connectivity index (χ2n) is 6.80. The molecule has 0 aromatic rings. The van der Waals surface area contributed by atoms with Crippen LogP contribution in [-0.2, 0) is 4.79 Å². The summed E-state index contributed by atoms with van der Waals surface area (Å²) in [5, 5.41) is 3.56. The molecule has 2 rings (SSSR count). The SMILES string of the molecule is CCCCC1NC(CC)N(CC2CCCCC2C)C1=O. The van der Waals surface area contributed by atoms with Crippen molar-refractivity contribution in [3.8, 4) is 0 Å². The lowest BCUT2D eigenvalue weighted by molar-refractivity contribution is -0.131. The number of unbranched alkanes of at least 4 members (excludes halogenated alkanes) is 1. The maximum atomic E-state index is 12.6. The van der Waals surface area contributed by atoms with Gasteiger partial charge in [-0.2, -0.15) is 0 Å². The summed E-state index contributed by atoms with van der Waals surface area (Å²) in [5.74, 6) is 1.86. The number of hydrogen-bond acceptors (Lipinski definition) is 2. The molecule has 0 aromatic carbocycles. The zero-order valence-corrected chi connectivity index (χ0v) is 13.5. The maximum Gasteiger partial charge on any atom is 0.241 e. The van der Waals surface area contributed by atoms with E-state index in [1.54, 1.807) is 0 Å². The predicted molar refractivity (Wildman–Crippen MR) is 83.4 cm³/mol. The first-order valence-electron chi connectivity index (χ1n) is 8.73. The normalized spacial score (nSPS) is 34.8. The van der Waals surface area contributed by atoms with Crippen LogP contribution in [0.2, 0.25) is 0 Å². The van der Waals surface area contributed by atoms with Gasteiger partial charge >= 0.3 is 0 Å². The van der Waals surface area contributed by atoms with E-state index >= 15 is 0 Å². The molecular formula is C17H32N2O. The van der Waals surface area contributed by atoms with Gasteiger partial charge in [-0.1, -0.05) is 52.9 Å². The summed E-state index contributed by atoms with van der Waals surface area (Å²) < 4.78 is 0. The molecule has 3 heteroatoms. The van der Waals surface area contributed by atoms with Crippen LogP contribution >= 0.6 is 0 Å². The zero-order chi connectivity index (χ0) is 14.5. The van der Waals surface area contributed by atoms with E-state index in [2.05, 4.69) is 31.0 Å². The number of nitrogens with zero attached hydrogens (tertiary/aromatic N) is 1. The highest BCUT2D eigenvalue weighted by Crippen LogP contribution is 2.31. The van der Waals surface area contributed by atoms with Gasteiger partial charge in [0.05, 0.1) is 12.2 Å². The summed E-state index contributed by atoms with van der Waals surface area (Å²) in [6.45, 7) is 7.73. The minimum atomic E-state index is 0.0822. The quantitative estimate of drug-likeness (QED) is 0.807. The molecule has 1 N–H and O–H groups in total. The molecule has 0 aromatic heterocycles. The highest BCUT2D eigenvalue weighted by Gasteiger charge is 2.39. The Morgan fingerprint density at radius 1 is 1.25 bits per heavy atom. The third-order valence-corrected chi connectivity index (χ3v) is 5.30. The number of nitrogens with one attached hydrogen (secondary N) is 1. The Morgan fingerprint density at radius 3 is 2.65 bits per heavy atom. The molecule has 3 nitrogen and oxygen atoms in total. The molecule has 116 valence electrons. The number of amides is 1. The van der Waals surface area contributed by atoms with E-state index in [-0.39, 0.29) is 12.2 Å². The molecule has 1 heterocycles. The van der Waals surface area contributed by atoms with Crippen LogP contribution in [0.1, 0.15) is 72.1 Å². The van der Waals surface area contributed by atoms with Crippen molar-refractivity contribution in [3.05, 3.63) is 0 Å². The fourth-order valence-electron chi connectivity index (χ4n) is 3.83. The monoisotopic (exact) mass is 280 g/mol. The van der Waals surface area contributed by atoms with Gasteiger partial charge in [0.2, 0.25) is 5.91 Å². The molecule has 4 atom stereocenters. The van der Waals surface area contributed by atoms with Crippen molar-refractivity contribution in [1.29, 1.82) is 0 Å². The highest BCUT2D eigenvalue weighted by atomic mass is 16.2. The van der Waals surface area contributed by atoms with Crippen LogP contribution in [0, 0.1) is 11.8 Å². The Labute approximate surface area is 124 Å². The summed E-state index contributed by atoms with van der Waals surface area (Å²) in [6.07, 6.45) is 9.99. The lowest BCUT2D eigenvalue weighted by Crippen LogP contribution is -2.41. The summed E-state index contributed by atoms with van der Waals surface area (Å²) in [6, 6.07) is 0.0822. The minimum Gasteiger partial charge on any atom is -0.326 e. The molecule has 0 bridgehead atoms. The first-order valence-corrected chi connectivity index (χ1v) is 8.73. The molecule has 1 aliphatic heterocycles. The van der Waals surface area contributed by atoms with Gasteiger partial charge in [-0.15, -0.1) is 0 Å². The Kier molecular flexibility index (Phi) is 5.88. The first-order chi connectivity index (χ1) is 9.67. The van der Waals surface area contributed by atoms with Gasteiger partial charge in [-0.25, -0.2) is 0 Å². The van der Waals surface area contributed by atoms with Gasteiger partial charge in [0.1, 0.15) is 0 Å². The molecule has 0 radical (unpaired) electrons. The van der Waals surface area contributed by atoms with Crippen molar-refractivity contribution in [1.82, 2.24) is 10.2 Å². The summed E-state index contributed by atoms with van der Waals surface area (Å²) in [7, 11) is 0.